The summed E-state index contributed by atoms with van der Waals surface area (Å²) in [4.78, 5) is 6.35. The van der Waals surface area contributed by atoms with Gasteiger partial charge >= 0.3 is 0 Å². The average molecular weight is 236 g/mol. The van der Waals surface area contributed by atoms with E-state index in [1.54, 1.807) is 6.07 Å². The highest BCUT2D eigenvalue weighted by atomic mass is 19.1. The third-order valence-electron chi connectivity index (χ3n) is 2.98. The van der Waals surface area contributed by atoms with Crippen LogP contribution in [0.5, 0.6) is 0 Å². The van der Waals surface area contributed by atoms with Gasteiger partial charge in [-0.15, -0.1) is 0 Å². The van der Waals surface area contributed by atoms with Crippen LogP contribution in [0.4, 0.5) is 10.3 Å². The molecular formula is C12H17FN4. The fourth-order valence-corrected chi connectivity index (χ4v) is 1.79. The van der Waals surface area contributed by atoms with Crippen molar-refractivity contribution in [2.45, 2.75) is 13.5 Å². The minimum Gasteiger partial charge on any atom is -0.369 e. The molecule has 0 bridgehead atoms. The first-order valence-corrected chi connectivity index (χ1v) is 5.71. The maximum Gasteiger partial charge on any atom is 0.201 e. The molecular weight excluding hydrogens is 219 g/mol. The third-order valence-corrected chi connectivity index (χ3v) is 2.98. The summed E-state index contributed by atoms with van der Waals surface area (Å²) in [6.45, 7) is 4.74. The Morgan fingerprint density at radius 2 is 2.24 bits per heavy atom. The summed E-state index contributed by atoms with van der Waals surface area (Å²) in [6, 6.07) is 4.56. The van der Waals surface area contributed by atoms with E-state index in [9.17, 15) is 4.39 Å². The lowest BCUT2D eigenvalue weighted by Gasteiger charge is -2.14. The topological polar surface area (TPSA) is 47.1 Å². The zero-order chi connectivity index (χ0) is 12.4. The van der Waals surface area contributed by atoms with E-state index in [0.717, 1.165) is 25.2 Å². The van der Waals surface area contributed by atoms with E-state index in [4.69, 9.17) is 5.73 Å². The van der Waals surface area contributed by atoms with Crippen LogP contribution >= 0.6 is 0 Å². The Balaban J connectivity index is 2.30. The predicted octanol–water partition coefficient (Wildman–Crippen LogP) is 1.71. The molecule has 0 radical (unpaired) electrons. The van der Waals surface area contributed by atoms with Gasteiger partial charge in [-0.1, -0.05) is 6.92 Å². The number of anilines is 1. The van der Waals surface area contributed by atoms with Crippen molar-refractivity contribution in [2.75, 3.05) is 25.9 Å². The van der Waals surface area contributed by atoms with Crippen LogP contribution < -0.4 is 5.73 Å². The Hall–Kier alpha value is -1.62. The van der Waals surface area contributed by atoms with Crippen LogP contribution in [-0.4, -0.2) is 34.6 Å². The first-order chi connectivity index (χ1) is 8.11. The van der Waals surface area contributed by atoms with Crippen molar-refractivity contribution in [1.82, 2.24) is 14.5 Å². The number of rotatable bonds is 4. The highest BCUT2D eigenvalue weighted by Gasteiger charge is 2.09. The minimum atomic E-state index is -0.284. The molecule has 2 aromatic rings. The number of halogens is 1. The lowest BCUT2D eigenvalue weighted by atomic mass is 10.3. The second-order valence-corrected chi connectivity index (χ2v) is 4.15. The highest BCUT2D eigenvalue weighted by Crippen LogP contribution is 2.18. The molecule has 0 aliphatic heterocycles. The van der Waals surface area contributed by atoms with Crippen LogP contribution in [0.25, 0.3) is 11.0 Å². The first-order valence-electron chi connectivity index (χ1n) is 5.71. The standard InChI is InChI=1S/C12H17FN4/c1-3-16(2)6-7-17-11-5-4-9(13)8-10(11)15-12(17)14/h4-5,8H,3,6-7H2,1-2H3,(H2,14,15). The van der Waals surface area contributed by atoms with Crippen molar-refractivity contribution in [3.8, 4) is 0 Å². The summed E-state index contributed by atoms with van der Waals surface area (Å²) in [5, 5.41) is 0. The van der Waals surface area contributed by atoms with E-state index in [-0.39, 0.29) is 5.82 Å². The molecule has 0 amide bonds. The summed E-state index contributed by atoms with van der Waals surface area (Å²) in [5.74, 6) is 0.155. The smallest absolute Gasteiger partial charge is 0.201 e. The number of nitrogens with two attached hydrogens (primary N) is 1. The molecule has 1 heterocycles. The van der Waals surface area contributed by atoms with Gasteiger partial charge in [0.25, 0.3) is 0 Å². The van der Waals surface area contributed by atoms with Crippen molar-refractivity contribution >= 4 is 17.0 Å². The molecule has 0 saturated heterocycles. The normalized spacial score (nSPS) is 11.5. The highest BCUT2D eigenvalue weighted by molar-refractivity contribution is 5.78. The number of aromatic nitrogens is 2. The summed E-state index contributed by atoms with van der Waals surface area (Å²) in [5.41, 5.74) is 7.34. The zero-order valence-corrected chi connectivity index (χ0v) is 10.2. The number of nitrogen functional groups attached to an aromatic ring is 1. The van der Waals surface area contributed by atoms with Gasteiger partial charge in [0.1, 0.15) is 5.82 Å². The molecule has 2 N–H and O–H groups in total. The van der Waals surface area contributed by atoms with Crippen molar-refractivity contribution < 1.29 is 4.39 Å². The van der Waals surface area contributed by atoms with Crippen LogP contribution in [-0.2, 0) is 6.54 Å². The van der Waals surface area contributed by atoms with E-state index in [2.05, 4.69) is 23.9 Å². The van der Waals surface area contributed by atoms with Crippen LogP contribution in [0.1, 0.15) is 6.92 Å². The average Bonchev–Trinajstić information content (AvgIpc) is 2.61. The Morgan fingerprint density at radius 3 is 2.94 bits per heavy atom. The van der Waals surface area contributed by atoms with Crippen molar-refractivity contribution in [3.63, 3.8) is 0 Å². The molecule has 2 rings (SSSR count). The molecule has 17 heavy (non-hydrogen) atoms. The number of fused-ring (bicyclic) bond motifs is 1. The second-order valence-electron chi connectivity index (χ2n) is 4.15. The van der Waals surface area contributed by atoms with Crippen LogP contribution in [0.3, 0.4) is 0 Å². The molecule has 0 spiro atoms. The molecule has 0 aliphatic carbocycles. The Kier molecular flexibility index (Phi) is 3.28. The quantitative estimate of drug-likeness (QED) is 0.879. The Labute approximate surface area is 99.8 Å². The van der Waals surface area contributed by atoms with Gasteiger partial charge in [-0.2, -0.15) is 0 Å². The lowest BCUT2D eigenvalue weighted by molar-refractivity contribution is 0.338. The van der Waals surface area contributed by atoms with Crippen molar-refractivity contribution in [1.29, 1.82) is 0 Å². The molecule has 0 aliphatic rings. The lowest BCUT2D eigenvalue weighted by Crippen LogP contribution is -2.23. The third kappa shape index (κ3) is 2.39. The molecule has 0 atom stereocenters. The largest absolute Gasteiger partial charge is 0.369 e. The van der Waals surface area contributed by atoms with Crippen LogP contribution in [0, 0.1) is 5.82 Å². The fraction of sp³-hybridized carbons (Fsp3) is 0.417. The summed E-state index contributed by atoms with van der Waals surface area (Å²) >= 11 is 0. The van der Waals surface area contributed by atoms with E-state index in [1.807, 2.05) is 4.57 Å². The van der Waals surface area contributed by atoms with Crippen molar-refractivity contribution in [3.05, 3.63) is 24.0 Å². The number of hydrogen-bond acceptors (Lipinski definition) is 3. The Morgan fingerprint density at radius 1 is 1.47 bits per heavy atom. The summed E-state index contributed by atoms with van der Waals surface area (Å²) in [6.07, 6.45) is 0. The van der Waals surface area contributed by atoms with E-state index in [0.29, 0.717) is 11.5 Å². The van der Waals surface area contributed by atoms with E-state index < -0.39 is 0 Å². The SMILES string of the molecule is CCN(C)CCn1c(N)nc2cc(F)ccc21. The van der Waals surface area contributed by atoms with Gasteiger partial charge in [-0.3, -0.25) is 0 Å². The zero-order valence-electron chi connectivity index (χ0n) is 10.2. The summed E-state index contributed by atoms with van der Waals surface area (Å²) < 4.78 is 15.0. The molecule has 0 saturated carbocycles. The molecule has 92 valence electrons. The number of likely N-dealkylation sites (N-methyl/N-ethyl adjacent to an activating group) is 1. The van der Waals surface area contributed by atoms with Crippen LogP contribution in [0.15, 0.2) is 18.2 Å². The fourth-order valence-electron chi connectivity index (χ4n) is 1.79. The molecule has 5 heteroatoms. The maximum atomic E-state index is 13.0. The predicted molar refractivity (Wildman–Crippen MR) is 67.3 cm³/mol. The van der Waals surface area contributed by atoms with Gasteiger partial charge in [0.15, 0.2) is 0 Å². The summed E-state index contributed by atoms with van der Waals surface area (Å²) in [7, 11) is 2.05. The molecule has 0 fully saturated rings. The molecule has 4 nitrogen and oxygen atoms in total. The van der Waals surface area contributed by atoms with Gasteiger partial charge in [0.2, 0.25) is 5.95 Å². The van der Waals surface area contributed by atoms with Gasteiger partial charge in [-0.05, 0) is 25.7 Å². The number of hydrogen-bond donors (Lipinski definition) is 1. The molecule has 0 unspecified atom stereocenters. The minimum absolute atomic E-state index is 0.284. The number of nitrogens with zero attached hydrogens (tertiary/aromatic N) is 3. The van der Waals surface area contributed by atoms with Gasteiger partial charge in [-0.25, -0.2) is 9.37 Å². The number of imidazole rings is 1. The second kappa shape index (κ2) is 4.71. The maximum absolute atomic E-state index is 13.0. The number of benzene rings is 1. The molecule has 1 aromatic carbocycles. The van der Waals surface area contributed by atoms with Crippen molar-refractivity contribution in [2.24, 2.45) is 0 Å². The monoisotopic (exact) mass is 236 g/mol. The van der Waals surface area contributed by atoms with Gasteiger partial charge in [0, 0.05) is 19.2 Å². The van der Waals surface area contributed by atoms with Gasteiger partial charge in [0.05, 0.1) is 11.0 Å². The molecule has 1 aromatic heterocycles. The van der Waals surface area contributed by atoms with E-state index in [1.165, 1.54) is 12.1 Å². The first kappa shape index (κ1) is 11.9. The van der Waals surface area contributed by atoms with E-state index >= 15 is 0 Å². The van der Waals surface area contributed by atoms with Crippen LogP contribution in [0.2, 0.25) is 0 Å². The van der Waals surface area contributed by atoms with Gasteiger partial charge < -0.3 is 15.2 Å². The Bertz CT molecular complexity index is 520.